The van der Waals surface area contributed by atoms with Gasteiger partial charge < -0.3 is 9.84 Å². The standard InChI is InChI=1S/C15H16N2O3/c1-20-15(19)13-5-4-11(6-14(13)18)12-7-16-17(9-12)8-10-2-3-10/h4-7,9-10,18H,2-3,8H2,1H3. The predicted octanol–water partition coefficient (Wildman–Crippen LogP) is 2.45. The Hall–Kier alpha value is -2.30. The van der Waals surface area contributed by atoms with Crippen LogP contribution in [-0.4, -0.2) is 28.0 Å². The molecule has 1 aliphatic carbocycles. The second kappa shape index (κ2) is 5.00. The van der Waals surface area contributed by atoms with E-state index in [0.717, 1.165) is 23.6 Å². The number of esters is 1. The van der Waals surface area contributed by atoms with Crippen molar-refractivity contribution in [1.29, 1.82) is 0 Å². The first kappa shape index (κ1) is 12.7. The van der Waals surface area contributed by atoms with Crippen LogP contribution in [0.2, 0.25) is 0 Å². The van der Waals surface area contributed by atoms with Crippen LogP contribution in [-0.2, 0) is 11.3 Å². The molecule has 0 aliphatic heterocycles. The van der Waals surface area contributed by atoms with Crippen LogP contribution >= 0.6 is 0 Å². The van der Waals surface area contributed by atoms with Gasteiger partial charge in [0.1, 0.15) is 11.3 Å². The van der Waals surface area contributed by atoms with Gasteiger partial charge in [0.05, 0.1) is 13.3 Å². The Labute approximate surface area is 116 Å². The fraction of sp³-hybridized carbons (Fsp3) is 0.333. The molecular weight excluding hydrogens is 256 g/mol. The smallest absolute Gasteiger partial charge is 0.341 e. The number of benzene rings is 1. The van der Waals surface area contributed by atoms with Crippen LogP contribution in [0.5, 0.6) is 5.75 Å². The van der Waals surface area contributed by atoms with Gasteiger partial charge >= 0.3 is 5.97 Å². The average Bonchev–Trinajstić information content (AvgIpc) is 3.13. The van der Waals surface area contributed by atoms with E-state index in [1.54, 1.807) is 24.4 Å². The predicted molar refractivity (Wildman–Crippen MR) is 73.4 cm³/mol. The van der Waals surface area contributed by atoms with Gasteiger partial charge in [0.25, 0.3) is 0 Å². The van der Waals surface area contributed by atoms with Crippen LogP contribution in [0.25, 0.3) is 11.1 Å². The first-order chi connectivity index (χ1) is 9.67. The third kappa shape index (κ3) is 2.52. The Morgan fingerprint density at radius 3 is 2.90 bits per heavy atom. The highest BCUT2D eigenvalue weighted by molar-refractivity contribution is 5.93. The van der Waals surface area contributed by atoms with Crippen molar-refractivity contribution in [3.63, 3.8) is 0 Å². The van der Waals surface area contributed by atoms with Crippen molar-refractivity contribution in [2.45, 2.75) is 19.4 Å². The van der Waals surface area contributed by atoms with Crippen LogP contribution < -0.4 is 0 Å². The number of hydrogen-bond acceptors (Lipinski definition) is 4. The van der Waals surface area contributed by atoms with E-state index in [0.29, 0.717) is 0 Å². The third-order valence-electron chi connectivity index (χ3n) is 3.51. The van der Waals surface area contributed by atoms with Crippen LogP contribution in [0.3, 0.4) is 0 Å². The number of carbonyl (C=O) groups excluding carboxylic acids is 1. The zero-order valence-corrected chi connectivity index (χ0v) is 11.2. The minimum Gasteiger partial charge on any atom is -0.507 e. The molecule has 1 aromatic heterocycles. The Bertz CT molecular complexity index is 644. The number of hydrogen-bond donors (Lipinski definition) is 1. The first-order valence-corrected chi connectivity index (χ1v) is 6.61. The number of carbonyl (C=O) groups is 1. The summed E-state index contributed by atoms with van der Waals surface area (Å²) < 4.78 is 6.53. The van der Waals surface area contributed by atoms with Gasteiger partial charge in [-0.3, -0.25) is 4.68 Å². The van der Waals surface area contributed by atoms with Crippen molar-refractivity contribution in [3.05, 3.63) is 36.2 Å². The Morgan fingerprint density at radius 1 is 1.45 bits per heavy atom. The molecule has 5 nitrogen and oxygen atoms in total. The number of aromatic nitrogens is 2. The van der Waals surface area contributed by atoms with E-state index in [1.807, 2.05) is 10.9 Å². The topological polar surface area (TPSA) is 64.3 Å². The Morgan fingerprint density at radius 2 is 2.25 bits per heavy atom. The van der Waals surface area contributed by atoms with Crippen LogP contribution in [0.15, 0.2) is 30.6 Å². The van der Waals surface area contributed by atoms with E-state index >= 15 is 0 Å². The number of aromatic hydroxyl groups is 1. The summed E-state index contributed by atoms with van der Waals surface area (Å²) in [5.74, 6) is 0.139. The second-order valence-corrected chi connectivity index (χ2v) is 5.12. The molecule has 0 radical (unpaired) electrons. The van der Waals surface area contributed by atoms with Crippen LogP contribution in [0.4, 0.5) is 0 Å². The van der Waals surface area contributed by atoms with Crippen molar-refractivity contribution in [1.82, 2.24) is 9.78 Å². The normalized spacial score (nSPS) is 14.2. The van der Waals surface area contributed by atoms with Crippen molar-refractivity contribution >= 4 is 5.97 Å². The van der Waals surface area contributed by atoms with Gasteiger partial charge in [-0.1, -0.05) is 6.07 Å². The summed E-state index contributed by atoms with van der Waals surface area (Å²) in [5, 5.41) is 14.2. The van der Waals surface area contributed by atoms with Crippen LogP contribution in [0.1, 0.15) is 23.2 Å². The third-order valence-corrected chi connectivity index (χ3v) is 3.51. The van der Waals surface area contributed by atoms with Gasteiger partial charge in [-0.05, 0) is 36.5 Å². The van der Waals surface area contributed by atoms with Crippen molar-refractivity contribution < 1.29 is 14.6 Å². The minimum absolute atomic E-state index is 0.0794. The number of rotatable bonds is 4. The fourth-order valence-corrected chi connectivity index (χ4v) is 2.17. The molecule has 1 aliphatic rings. The summed E-state index contributed by atoms with van der Waals surface area (Å²) in [7, 11) is 1.29. The van der Waals surface area contributed by atoms with E-state index in [1.165, 1.54) is 20.0 Å². The first-order valence-electron chi connectivity index (χ1n) is 6.61. The maximum absolute atomic E-state index is 11.4. The molecular formula is C15H16N2O3. The zero-order chi connectivity index (χ0) is 14.1. The van der Waals surface area contributed by atoms with E-state index in [-0.39, 0.29) is 11.3 Å². The average molecular weight is 272 g/mol. The SMILES string of the molecule is COC(=O)c1ccc(-c2cnn(CC3CC3)c2)cc1O. The van der Waals surface area contributed by atoms with Gasteiger partial charge in [0.2, 0.25) is 0 Å². The highest BCUT2D eigenvalue weighted by Gasteiger charge is 2.22. The second-order valence-electron chi connectivity index (χ2n) is 5.12. The molecule has 0 bridgehead atoms. The molecule has 0 amide bonds. The summed E-state index contributed by atoms with van der Waals surface area (Å²) in [5.41, 5.74) is 1.93. The van der Waals surface area contributed by atoms with Gasteiger partial charge in [0.15, 0.2) is 0 Å². The molecule has 0 unspecified atom stereocenters. The molecule has 0 spiro atoms. The zero-order valence-electron chi connectivity index (χ0n) is 11.2. The Balaban J connectivity index is 1.84. The molecule has 3 rings (SSSR count). The number of phenolic OH excluding ortho intramolecular Hbond substituents is 1. The van der Waals surface area contributed by atoms with Gasteiger partial charge in [-0.2, -0.15) is 5.10 Å². The lowest BCUT2D eigenvalue weighted by Crippen LogP contribution is -2.01. The molecule has 0 atom stereocenters. The molecule has 1 aromatic carbocycles. The molecule has 5 heteroatoms. The molecule has 20 heavy (non-hydrogen) atoms. The van der Waals surface area contributed by atoms with Crippen molar-refractivity contribution in [3.8, 4) is 16.9 Å². The lowest BCUT2D eigenvalue weighted by atomic mass is 10.1. The van der Waals surface area contributed by atoms with E-state index in [4.69, 9.17) is 0 Å². The summed E-state index contributed by atoms with van der Waals surface area (Å²) in [6, 6.07) is 4.91. The maximum Gasteiger partial charge on any atom is 0.341 e. The maximum atomic E-state index is 11.4. The summed E-state index contributed by atoms with van der Waals surface area (Å²) >= 11 is 0. The van der Waals surface area contributed by atoms with Gasteiger partial charge in [0, 0.05) is 18.3 Å². The van der Waals surface area contributed by atoms with E-state index in [9.17, 15) is 9.90 Å². The molecule has 2 aromatic rings. The van der Waals surface area contributed by atoms with Gasteiger partial charge in [-0.25, -0.2) is 4.79 Å². The lowest BCUT2D eigenvalue weighted by Gasteiger charge is -2.04. The molecule has 1 N–H and O–H groups in total. The van der Waals surface area contributed by atoms with Crippen LogP contribution in [0, 0.1) is 5.92 Å². The lowest BCUT2D eigenvalue weighted by molar-refractivity contribution is 0.0597. The molecule has 1 heterocycles. The summed E-state index contributed by atoms with van der Waals surface area (Å²) in [6.07, 6.45) is 6.30. The minimum atomic E-state index is -0.543. The quantitative estimate of drug-likeness (QED) is 0.868. The summed E-state index contributed by atoms with van der Waals surface area (Å²) in [6.45, 7) is 0.951. The fourth-order valence-electron chi connectivity index (χ4n) is 2.17. The molecule has 1 fully saturated rings. The largest absolute Gasteiger partial charge is 0.507 e. The van der Waals surface area contributed by atoms with Gasteiger partial charge in [-0.15, -0.1) is 0 Å². The molecule has 104 valence electrons. The van der Waals surface area contributed by atoms with Crippen molar-refractivity contribution in [2.75, 3.05) is 7.11 Å². The highest BCUT2D eigenvalue weighted by atomic mass is 16.5. The number of methoxy groups -OCH3 is 1. The molecule has 0 saturated heterocycles. The number of ether oxygens (including phenoxy) is 1. The monoisotopic (exact) mass is 272 g/mol. The van der Waals surface area contributed by atoms with E-state index in [2.05, 4.69) is 9.84 Å². The Kier molecular flexibility index (Phi) is 3.18. The summed E-state index contributed by atoms with van der Waals surface area (Å²) in [4.78, 5) is 11.4. The van der Waals surface area contributed by atoms with Crippen molar-refractivity contribution in [2.24, 2.45) is 5.92 Å². The molecule has 1 saturated carbocycles. The number of nitrogens with zero attached hydrogens (tertiary/aromatic N) is 2. The number of phenols is 1. The van der Waals surface area contributed by atoms with E-state index < -0.39 is 5.97 Å². The highest BCUT2D eigenvalue weighted by Crippen LogP contribution is 2.31.